The highest BCUT2D eigenvalue weighted by Crippen LogP contribution is 2.23. The third kappa shape index (κ3) is 3.95. The van der Waals surface area contributed by atoms with E-state index in [4.69, 9.17) is 11.6 Å². The second-order valence-corrected chi connectivity index (χ2v) is 5.60. The van der Waals surface area contributed by atoms with Crippen LogP contribution in [0.15, 0.2) is 40.9 Å². The summed E-state index contributed by atoms with van der Waals surface area (Å²) in [5, 5.41) is 3.71. The lowest BCUT2D eigenvalue weighted by Crippen LogP contribution is -2.06. The summed E-state index contributed by atoms with van der Waals surface area (Å²) in [5.41, 5.74) is 1.39. The maximum atomic E-state index is 13.5. The first-order valence-electron chi connectivity index (χ1n) is 6.07. The average Bonchev–Trinajstić information content (AvgIpc) is 2.47. The fourth-order valence-electron chi connectivity index (χ4n) is 1.76. The van der Waals surface area contributed by atoms with E-state index >= 15 is 0 Å². The first kappa shape index (κ1) is 15.8. The van der Waals surface area contributed by atoms with Crippen molar-refractivity contribution in [2.75, 3.05) is 12.4 Å². The first-order chi connectivity index (χ1) is 10.0. The molecule has 0 fully saturated rings. The smallest absolute Gasteiger partial charge is 0.340 e. The maximum absolute atomic E-state index is 13.5. The highest BCUT2D eigenvalue weighted by Gasteiger charge is 2.12. The molecule has 0 amide bonds. The number of ether oxygens (including phenoxy) is 1. The molecule has 0 unspecified atom stereocenters. The number of methoxy groups -OCH3 is 1. The summed E-state index contributed by atoms with van der Waals surface area (Å²) in [7, 11) is 1.21. The number of esters is 1. The molecular weight excluding hydrogens is 361 g/mol. The normalized spacial score (nSPS) is 10.3. The van der Waals surface area contributed by atoms with E-state index in [1.54, 1.807) is 12.1 Å². The predicted molar refractivity (Wildman–Crippen MR) is 84.2 cm³/mol. The van der Waals surface area contributed by atoms with Gasteiger partial charge in [-0.15, -0.1) is 0 Å². The SMILES string of the molecule is COC(=O)c1cc(NCc2ccc(Br)cc2Cl)ccc1F. The molecule has 21 heavy (non-hydrogen) atoms. The predicted octanol–water partition coefficient (Wildman–Crippen LogP) is 4.64. The van der Waals surface area contributed by atoms with Gasteiger partial charge in [0.25, 0.3) is 0 Å². The van der Waals surface area contributed by atoms with Gasteiger partial charge in [0.05, 0.1) is 12.7 Å². The molecule has 0 aliphatic heterocycles. The summed E-state index contributed by atoms with van der Waals surface area (Å²) >= 11 is 9.46. The van der Waals surface area contributed by atoms with Crippen molar-refractivity contribution >= 4 is 39.2 Å². The van der Waals surface area contributed by atoms with Gasteiger partial charge in [-0.25, -0.2) is 9.18 Å². The van der Waals surface area contributed by atoms with Crippen molar-refractivity contribution in [1.82, 2.24) is 0 Å². The Balaban J connectivity index is 2.15. The molecule has 0 heterocycles. The molecular formula is C15H12BrClFNO2. The zero-order chi connectivity index (χ0) is 15.4. The third-order valence-corrected chi connectivity index (χ3v) is 3.71. The van der Waals surface area contributed by atoms with E-state index in [1.807, 2.05) is 12.1 Å². The minimum atomic E-state index is -0.710. The van der Waals surface area contributed by atoms with E-state index < -0.39 is 11.8 Å². The van der Waals surface area contributed by atoms with E-state index in [9.17, 15) is 9.18 Å². The summed E-state index contributed by atoms with van der Waals surface area (Å²) in [6, 6.07) is 9.74. The summed E-state index contributed by atoms with van der Waals surface area (Å²) < 4.78 is 19.0. The van der Waals surface area contributed by atoms with Crippen molar-refractivity contribution in [3.63, 3.8) is 0 Å². The second kappa shape index (κ2) is 6.91. The van der Waals surface area contributed by atoms with Gasteiger partial charge < -0.3 is 10.1 Å². The van der Waals surface area contributed by atoms with Crippen molar-refractivity contribution in [2.45, 2.75) is 6.54 Å². The van der Waals surface area contributed by atoms with Crippen LogP contribution in [0.5, 0.6) is 0 Å². The molecule has 1 N–H and O–H groups in total. The monoisotopic (exact) mass is 371 g/mol. The number of benzene rings is 2. The number of nitrogens with one attached hydrogen (secondary N) is 1. The Hall–Kier alpha value is -1.59. The maximum Gasteiger partial charge on any atom is 0.340 e. The lowest BCUT2D eigenvalue weighted by atomic mass is 10.1. The molecule has 2 aromatic rings. The Morgan fingerprint density at radius 1 is 1.33 bits per heavy atom. The molecule has 0 saturated heterocycles. The summed E-state index contributed by atoms with van der Waals surface area (Å²) in [6.07, 6.45) is 0. The zero-order valence-electron chi connectivity index (χ0n) is 11.1. The molecule has 0 bridgehead atoms. The Kier molecular flexibility index (Phi) is 5.20. The number of anilines is 1. The van der Waals surface area contributed by atoms with Crippen LogP contribution in [-0.2, 0) is 11.3 Å². The molecule has 0 aliphatic rings. The van der Waals surface area contributed by atoms with Crippen molar-refractivity contribution in [1.29, 1.82) is 0 Å². The molecule has 0 atom stereocenters. The third-order valence-electron chi connectivity index (χ3n) is 2.87. The molecule has 0 spiro atoms. The number of halogens is 3. The quantitative estimate of drug-likeness (QED) is 0.795. The minimum absolute atomic E-state index is 0.107. The Bertz CT molecular complexity index is 679. The first-order valence-corrected chi connectivity index (χ1v) is 7.24. The average molecular weight is 373 g/mol. The summed E-state index contributed by atoms with van der Waals surface area (Å²) in [6.45, 7) is 0.457. The van der Waals surface area contributed by atoms with E-state index in [1.165, 1.54) is 19.2 Å². The largest absolute Gasteiger partial charge is 0.465 e. The minimum Gasteiger partial charge on any atom is -0.465 e. The van der Waals surface area contributed by atoms with Gasteiger partial charge in [-0.3, -0.25) is 0 Å². The van der Waals surface area contributed by atoms with E-state index in [2.05, 4.69) is 26.0 Å². The summed E-state index contributed by atoms with van der Waals surface area (Å²) in [4.78, 5) is 11.4. The van der Waals surface area contributed by atoms with Crippen molar-refractivity contribution in [3.8, 4) is 0 Å². The standard InChI is InChI=1S/C15H12BrClFNO2/c1-21-15(20)12-7-11(4-5-14(12)18)19-8-9-2-3-10(16)6-13(9)17/h2-7,19H,8H2,1H3. The van der Waals surface area contributed by atoms with Crippen LogP contribution in [0.4, 0.5) is 10.1 Å². The lowest BCUT2D eigenvalue weighted by Gasteiger charge is -2.10. The molecule has 0 aromatic heterocycles. The fourth-order valence-corrected chi connectivity index (χ4v) is 2.50. The van der Waals surface area contributed by atoms with Gasteiger partial charge in [0.1, 0.15) is 5.82 Å². The highest BCUT2D eigenvalue weighted by atomic mass is 79.9. The van der Waals surface area contributed by atoms with Crippen LogP contribution in [0, 0.1) is 5.82 Å². The second-order valence-electron chi connectivity index (χ2n) is 4.28. The number of carbonyl (C=O) groups is 1. The van der Waals surface area contributed by atoms with E-state index in [-0.39, 0.29) is 5.56 Å². The van der Waals surface area contributed by atoms with Crippen LogP contribution in [0.1, 0.15) is 15.9 Å². The molecule has 0 saturated carbocycles. The number of carbonyl (C=O) groups excluding carboxylic acids is 1. The lowest BCUT2D eigenvalue weighted by molar-refractivity contribution is 0.0595. The Morgan fingerprint density at radius 3 is 2.76 bits per heavy atom. The Morgan fingerprint density at radius 2 is 2.10 bits per heavy atom. The van der Waals surface area contributed by atoms with Crippen molar-refractivity contribution in [2.24, 2.45) is 0 Å². The zero-order valence-corrected chi connectivity index (χ0v) is 13.5. The fraction of sp³-hybridized carbons (Fsp3) is 0.133. The van der Waals surface area contributed by atoms with Crippen LogP contribution >= 0.6 is 27.5 Å². The van der Waals surface area contributed by atoms with Crippen LogP contribution in [-0.4, -0.2) is 13.1 Å². The number of hydrogen-bond acceptors (Lipinski definition) is 3. The molecule has 2 aromatic carbocycles. The van der Waals surface area contributed by atoms with Gasteiger partial charge in [-0.1, -0.05) is 33.6 Å². The highest BCUT2D eigenvalue weighted by molar-refractivity contribution is 9.10. The van der Waals surface area contributed by atoms with Crippen LogP contribution in [0.3, 0.4) is 0 Å². The molecule has 2 rings (SSSR count). The van der Waals surface area contributed by atoms with Crippen LogP contribution in [0.2, 0.25) is 5.02 Å². The number of hydrogen-bond donors (Lipinski definition) is 1. The molecule has 0 aliphatic carbocycles. The van der Waals surface area contributed by atoms with Crippen molar-refractivity contribution < 1.29 is 13.9 Å². The molecule has 6 heteroatoms. The van der Waals surface area contributed by atoms with E-state index in [0.717, 1.165) is 10.0 Å². The number of rotatable bonds is 4. The van der Waals surface area contributed by atoms with Gasteiger partial charge in [-0.05, 0) is 35.9 Å². The van der Waals surface area contributed by atoms with Gasteiger partial charge in [-0.2, -0.15) is 0 Å². The Labute approximate surface area is 135 Å². The van der Waals surface area contributed by atoms with Crippen molar-refractivity contribution in [3.05, 3.63) is 62.8 Å². The van der Waals surface area contributed by atoms with E-state index in [0.29, 0.717) is 17.3 Å². The molecule has 110 valence electrons. The topological polar surface area (TPSA) is 38.3 Å². The molecule has 3 nitrogen and oxygen atoms in total. The van der Waals surface area contributed by atoms with Crippen LogP contribution < -0.4 is 5.32 Å². The van der Waals surface area contributed by atoms with Gasteiger partial charge in [0.15, 0.2) is 0 Å². The van der Waals surface area contributed by atoms with Gasteiger partial charge >= 0.3 is 5.97 Å². The molecule has 0 radical (unpaired) electrons. The summed E-state index contributed by atoms with van der Waals surface area (Å²) in [5.74, 6) is -1.33. The van der Waals surface area contributed by atoms with Crippen LogP contribution in [0.25, 0.3) is 0 Å². The van der Waals surface area contributed by atoms with Gasteiger partial charge in [0, 0.05) is 21.7 Å². The van der Waals surface area contributed by atoms with Gasteiger partial charge in [0.2, 0.25) is 0 Å².